The van der Waals surface area contributed by atoms with Gasteiger partial charge in [0.2, 0.25) is 0 Å². The number of rotatable bonds is 12. The lowest BCUT2D eigenvalue weighted by atomic mass is 9.93. The number of amides is 1. The topological polar surface area (TPSA) is 136 Å². The lowest BCUT2D eigenvalue weighted by Crippen LogP contribution is -2.42. The molecule has 0 radical (unpaired) electrons. The van der Waals surface area contributed by atoms with Crippen LogP contribution in [0.25, 0.3) is 11.1 Å². The highest BCUT2D eigenvalue weighted by Crippen LogP contribution is 2.29. The van der Waals surface area contributed by atoms with Crippen LogP contribution < -0.4 is 5.32 Å². The lowest BCUT2D eigenvalue weighted by molar-refractivity contribution is -0.139. The summed E-state index contributed by atoms with van der Waals surface area (Å²) in [6.07, 6.45) is 3.12. The third-order valence-electron chi connectivity index (χ3n) is 5.56. The summed E-state index contributed by atoms with van der Waals surface area (Å²) in [5.41, 5.74) is 3.46. The van der Waals surface area contributed by atoms with E-state index in [9.17, 15) is 23.1 Å². The maximum Gasteiger partial charge on any atom is 0.326 e. The van der Waals surface area contributed by atoms with Crippen LogP contribution in [0, 0.1) is 6.92 Å². The minimum absolute atomic E-state index is 0.229. The molecule has 0 saturated heterocycles. The van der Waals surface area contributed by atoms with Crippen molar-refractivity contribution in [2.75, 3.05) is 12.0 Å². The van der Waals surface area contributed by atoms with Crippen molar-refractivity contribution in [1.82, 2.24) is 10.3 Å². The Morgan fingerprint density at radius 3 is 2.53 bits per heavy atom. The summed E-state index contributed by atoms with van der Waals surface area (Å²) in [5.74, 6) is -0.989. The maximum atomic E-state index is 13.2. The van der Waals surface area contributed by atoms with E-state index in [1.165, 1.54) is 0 Å². The van der Waals surface area contributed by atoms with E-state index >= 15 is 0 Å². The Morgan fingerprint density at radius 2 is 1.89 bits per heavy atom. The Bertz CT molecular complexity index is 1330. The zero-order valence-electron chi connectivity index (χ0n) is 20.5. The average Bonchev–Trinajstić information content (AvgIpc) is 3.29. The Labute approximate surface area is 210 Å². The van der Waals surface area contributed by atoms with E-state index in [0.29, 0.717) is 23.6 Å². The number of carboxylic acids is 1. The molecule has 0 spiro atoms. The second kappa shape index (κ2) is 12.0. The van der Waals surface area contributed by atoms with E-state index in [4.69, 9.17) is 9.15 Å². The number of benzene rings is 2. The van der Waals surface area contributed by atoms with Gasteiger partial charge in [0.05, 0.1) is 18.6 Å². The van der Waals surface area contributed by atoms with Crippen molar-refractivity contribution in [1.29, 1.82) is 0 Å². The van der Waals surface area contributed by atoms with E-state index in [1.54, 1.807) is 18.3 Å². The fraction of sp³-hybridized carbons (Fsp3) is 0.346. The molecule has 2 N–H and O–H groups in total. The van der Waals surface area contributed by atoms with Gasteiger partial charge in [-0.15, -0.1) is 0 Å². The van der Waals surface area contributed by atoms with Crippen molar-refractivity contribution in [3.63, 3.8) is 0 Å². The van der Waals surface area contributed by atoms with Gasteiger partial charge in [-0.25, -0.2) is 18.2 Å². The number of hydrogen-bond donors (Lipinski definition) is 2. The second-order valence-electron chi connectivity index (χ2n) is 8.54. The fourth-order valence-corrected chi connectivity index (χ4v) is 4.31. The number of nitrogens with one attached hydrogen (secondary N) is 1. The minimum Gasteiger partial charge on any atom is -0.480 e. The molecule has 0 bridgehead atoms. The number of aromatic nitrogens is 1. The van der Waals surface area contributed by atoms with Crippen molar-refractivity contribution < 1.29 is 32.3 Å². The Morgan fingerprint density at radius 1 is 1.14 bits per heavy atom. The van der Waals surface area contributed by atoms with Crippen molar-refractivity contribution in [2.24, 2.45) is 0 Å². The first-order valence-electron chi connectivity index (χ1n) is 11.5. The van der Waals surface area contributed by atoms with Crippen LogP contribution in [0.4, 0.5) is 0 Å². The number of carbonyl (C=O) groups excluding carboxylic acids is 1. The molecule has 192 valence electrons. The largest absolute Gasteiger partial charge is 0.480 e. The van der Waals surface area contributed by atoms with Crippen molar-refractivity contribution in [3.8, 4) is 11.1 Å². The van der Waals surface area contributed by atoms with Crippen LogP contribution in [-0.2, 0) is 39.0 Å². The van der Waals surface area contributed by atoms with Gasteiger partial charge in [0.1, 0.15) is 28.2 Å². The molecule has 0 aliphatic carbocycles. The Kier molecular flexibility index (Phi) is 9.00. The number of sulfone groups is 1. The van der Waals surface area contributed by atoms with Crippen LogP contribution in [-0.4, -0.2) is 48.4 Å². The van der Waals surface area contributed by atoms with Crippen LogP contribution in [0.2, 0.25) is 0 Å². The highest BCUT2D eigenvalue weighted by molar-refractivity contribution is 7.90. The maximum absolute atomic E-state index is 13.2. The summed E-state index contributed by atoms with van der Waals surface area (Å²) in [6, 6.07) is 11.4. The summed E-state index contributed by atoms with van der Waals surface area (Å²) in [5, 5.41) is 12.0. The molecule has 0 fully saturated rings. The average molecular weight is 515 g/mol. The van der Waals surface area contributed by atoms with E-state index in [0.717, 1.165) is 22.9 Å². The van der Waals surface area contributed by atoms with Crippen LogP contribution in [0.1, 0.15) is 46.5 Å². The zero-order valence-corrected chi connectivity index (χ0v) is 21.3. The standard InChI is InChI=1S/C26H30N2O7S/c1-4-24-27-14-19(35-24)16-34-15-18-9-10-21(22(13-18)20-8-6-5-7-17(20)2)25(29)28-23(26(30)31)11-12-36(3,32)33/h5-10,13-14,23H,4,11-12,15-16H2,1-3H3,(H,28,29)(H,30,31). The SMILES string of the molecule is CCc1ncc(COCc2ccc(C(=O)NC(CCS(C)(=O)=O)C(=O)O)c(-c3ccccc3C)c2)o1. The predicted octanol–water partition coefficient (Wildman–Crippen LogP) is 3.55. The first-order valence-corrected chi connectivity index (χ1v) is 13.5. The molecule has 0 saturated carbocycles. The summed E-state index contributed by atoms with van der Waals surface area (Å²) < 4.78 is 34.3. The van der Waals surface area contributed by atoms with Gasteiger partial charge in [-0.2, -0.15) is 0 Å². The van der Waals surface area contributed by atoms with Crippen LogP contribution in [0.5, 0.6) is 0 Å². The first-order chi connectivity index (χ1) is 17.1. The van der Waals surface area contributed by atoms with Gasteiger partial charge in [0.15, 0.2) is 5.89 Å². The molecule has 1 atom stereocenters. The highest BCUT2D eigenvalue weighted by atomic mass is 32.2. The number of oxazole rings is 1. The fourth-order valence-electron chi connectivity index (χ4n) is 3.65. The number of carbonyl (C=O) groups is 2. The molecule has 3 aromatic rings. The summed E-state index contributed by atoms with van der Waals surface area (Å²) in [6.45, 7) is 4.37. The predicted molar refractivity (Wildman–Crippen MR) is 134 cm³/mol. The quantitative estimate of drug-likeness (QED) is 0.375. The van der Waals surface area contributed by atoms with E-state index in [2.05, 4.69) is 10.3 Å². The van der Waals surface area contributed by atoms with Crippen LogP contribution >= 0.6 is 0 Å². The Hall–Kier alpha value is -3.50. The summed E-state index contributed by atoms with van der Waals surface area (Å²) in [4.78, 5) is 29.0. The molecule has 1 aromatic heterocycles. The number of aliphatic carboxylic acids is 1. The lowest BCUT2D eigenvalue weighted by Gasteiger charge is -2.17. The van der Waals surface area contributed by atoms with Gasteiger partial charge in [0.25, 0.3) is 5.91 Å². The summed E-state index contributed by atoms with van der Waals surface area (Å²) in [7, 11) is -3.38. The molecule has 3 rings (SSSR count). The van der Waals surface area contributed by atoms with Crippen LogP contribution in [0.3, 0.4) is 0 Å². The summed E-state index contributed by atoms with van der Waals surface area (Å²) >= 11 is 0. The van der Waals surface area contributed by atoms with Gasteiger partial charge in [-0.05, 0) is 47.7 Å². The smallest absolute Gasteiger partial charge is 0.326 e. The third kappa shape index (κ3) is 7.50. The molecule has 0 aliphatic rings. The van der Waals surface area contributed by atoms with Gasteiger partial charge >= 0.3 is 5.97 Å². The second-order valence-corrected chi connectivity index (χ2v) is 10.8. The number of nitrogens with zero attached hydrogens (tertiary/aromatic N) is 1. The van der Waals surface area contributed by atoms with Gasteiger partial charge in [-0.1, -0.05) is 37.3 Å². The molecule has 1 heterocycles. The zero-order chi connectivity index (χ0) is 26.3. The van der Waals surface area contributed by atoms with Gasteiger partial charge in [-0.3, -0.25) is 4.79 Å². The number of carboxylic acid groups (broad SMARTS) is 1. The number of hydrogen-bond acceptors (Lipinski definition) is 7. The Balaban J connectivity index is 1.84. The molecule has 0 aliphatic heterocycles. The van der Waals surface area contributed by atoms with Crippen molar-refractivity contribution >= 4 is 21.7 Å². The molecule has 2 aromatic carbocycles. The molecule has 9 nitrogen and oxygen atoms in total. The number of aryl methyl sites for hydroxylation is 2. The van der Waals surface area contributed by atoms with E-state index in [1.807, 2.05) is 44.2 Å². The van der Waals surface area contributed by atoms with E-state index in [-0.39, 0.29) is 31.0 Å². The number of ether oxygens (including phenoxy) is 1. The molecule has 36 heavy (non-hydrogen) atoms. The molecule has 1 unspecified atom stereocenters. The monoisotopic (exact) mass is 514 g/mol. The third-order valence-corrected chi connectivity index (χ3v) is 6.54. The highest BCUT2D eigenvalue weighted by Gasteiger charge is 2.24. The molecule has 10 heteroatoms. The van der Waals surface area contributed by atoms with Gasteiger partial charge in [0, 0.05) is 18.2 Å². The van der Waals surface area contributed by atoms with Crippen LogP contribution in [0.15, 0.2) is 53.1 Å². The molecule has 1 amide bonds. The van der Waals surface area contributed by atoms with Gasteiger partial charge < -0.3 is 19.6 Å². The van der Waals surface area contributed by atoms with E-state index < -0.39 is 27.8 Å². The van der Waals surface area contributed by atoms with Crippen molar-refractivity contribution in [3.05, 3.63) is 77.0 Å². The first kappa shape index (κ1) is 27.1. The van der Waals surface area contributed by atoms with Crippen molar-refractivity contribution in [2.45, 2.75) is 45.9 Å². The molecular weight excluding hydrogens is 484 g/mol. The minimum atomic E-state index is -3.38. The normalized spacial score (nSPS) is 12.3. The molecular formula is C26H30N2O7S.